The van der Waals surface area contributed by atoms with Crippen LogP contribution in [-0.2, 0) is 11.9 Å². The van der Waals surface area contributed by atoms with Gasteiger partial charge in [0.1, 0.15) is 5.75 Å². The van der Waals surface area contributed by atoms with Gasteiger partial charge in [-0.05, 0) is 35.4 Å². The normalized spacial score (nSPS) is 10.4. The van der Waals surface area contributed by atoms with Crippen LogP contribution in [0.1, 0.15) is 11.1 Å². The minimum Gasteiger partial charge on any atom is -0.497 e. The summed E-state index contributed by atoms with van der Waals surface area (Å²) in [6.45, 7) is 0.827. The molecule has 106 valence electrons. The number of hydrogen-bond donors (Lipinski definition) is 0. The standard InChI is InChI=1S/C16H17BrClNO/c1-19(11-12-3-7-15(20-2)8-4-12)14-6-5-13(10-17)16(18)9-14/h3-9H,10-11H2,1-2H3. The Hall–Kier alpha value is -1.19. The molecule has 0 aliphatic rings. The molecular formula is C16H17BrClNO. The maximum absolute atomic E-state index is 6.24. The van der Waals surface area contributed by atoms with Crippen molar-refractivity contribution in [3.05, 3.63) is 58.6 Å². The first-order valence-electron chi connectivity index (χ1n) is 6.32. The molecule has 2 rings (SSSR count). The molecule has 2 aromatic rings. The molecular weight excluding hydrogens is 338 g/mol. The molecule has 0 aromatic heterocycles. The number of methoxy groups -OCH3 is 1. The van der Waals surface area contributed by atoms with E-state index in [-0.39, 0.29) is 0 Å². The fourth-order valence-electron chi connectivity index (χ4n) is 1.98. The van der Waals surface area contributed by atoms with Crippen LogP contribution in [0.3, 0.4) is 0 Å². The number of nitrogens with zero attached hydrogens (tertiary/aromatic N) is 1. The van der Waals surface area contributed by atoms with Crippen molar-refractivity contribution in [2.45, 2.75) is 11.9 Å². The van der Waals surface area contributed by atoms with E-state index in [1.54, 1.807) is 7.11 Å². The molecule has 0 atom stereocenters. The van der Waals surface area contributed by atoms with Crippen molar-refractivity contribution in [2.75, 3.05) is 19.1 Å². The molecule has 20 heavy (non-hydrogen) atoms. The third kappa shape index (κ3) is 3.68. The van der Waals surface area contributed by atoms with Crippen LogP contribution in [0.15, 0.2) is 42.5 Å². The largest absolute Gasteiger partial charge is 0.497 e. The average Bonchev–Trinajstić information content (AvgIpc) is 2.48. The Morgan fingerprint density at radius 2 is 1.85 bits per heavy atom. The van der Waals surface area contributed by atoms with Crippen LogP contribution in [0.25, 0.3) is 0 Å². The van der Waals surface area contributed by atoms with E-state index in [0.29, 0.717) is 0 Å². The molecule has 0 aliphatic carbocycles. The van der Waals surface area contributed by atoms with Gasteiger partial charge in [0.2, 0.25) is 0 Å². The van der Waals surface area contributed by atoms with Gasteiger partial charge in [0.25, 0.3) is 0 Å². The summed E-state index contributed by atoms with van der Waals surface area (Å²) in [7, 11) is 3.73. The lowest BCUT2D eigenvalue weighted by Crippen LogP contribution is -2.16. The summed E-state index contributed by atoms with van der Waals surface area (Å²) in [6.07, 6.45) is 0. The summed E-state index contributed by atoms with van der Waals surface area (Å²) >= 11 is 9.67. The Morgan fingerprint density at radius 1 is 1.15 bits per heavy atom. The van der Waals surface area contributed by atoms with Crippen molar-refractivity contribution < 1.29 is 4.74 Å². The number of anilines is 1. The fourth-order valence-corrected chi connectivity index (χ4v) is 2.87. The fraction of sp³-hybridized carbons (Fsp3) is 0.250. The van der Waals surface area contributed by atoms with Crippen molar-refractivity contribution >= 4 is 33.2 Å². The number of rotatable bonds is 5. The third-order valence-corrected chi connectivity index (χ3v) is 4.16. The lowest BCUT2D eigenvalue weighted by Gasteiger charge is -2.20. The van der Waals surface area contributed by atoms with E-state index in [0.717, 1.165) is 33.9 Å². The van der Waals surface area contributed by atoms with E-state index in [4.69, 9.17) is 16.3 Å². The van der Waals surface area contributed by atoms with Crippen LogP contribution in [0, 0.1) is 0 Å². The van der Waals surface area contributed by atoms with E-state index in [9.17, 15) is 0 Å². The molecule has 0 bridgehead atoms. The van der Waals surface area contributed by atoms with Crippen molar-refractivity contribution in [3.63, 3.8) is 0 Å². The monoisotopic (exact) mass is 353 g/mol. The number of hydrogen-bond acceptors (Lipinski definition) is 2. The van der Waals surface area contributed by atoms with Gasteiger partial charge in [-0.3, -0.25) is 0 Å². The highest BCUT2D eigenvalue weighted by Gasteiger charge is 2.06. The maximum atomic E-state index is 6.24. The Labute approximate surface area is 133 Å². The molecule has 0 heterocycles. The summed E-state index contributed by atoms with van der Waals surface area (Å²) in [5.41, 5.74) is 3.44. The maximum Gasteiger partial charge on any atom is 0.118 e. The average molecular weight is 355 g/mol. The van der Waals surface area contributed by atoms with Gasteiger partial charge in [0.05, 0.1) is 7.11 Å². The van der Waals surface area contributed by atoms with Gasteiger partial charge in [0.15, 0.2) is 0 Å². The Bertz CT molecular complexity index is 571. The molecule has 4 heteroatoms. The molecule has 0 N–H and O–H groups in total. The minimum absolute atomic E-state index is 0.772. The van der Waals surface area contributed by atoms with Crippen molar-refractivity contribution in [1.29, 1.82) is 0 Å². The van der Waals surface area contributed by atoms with E-state index in [1.807, 2.05) is 18.2 Å². The second kappa shape index (κ2) is 7.00. The Morgan fingerprint density at radius 3 is 2.40 bits per heavy atom. The summed E-state index contributed by atoms with van der Waals surface area (Å²) in [6, 6.07) is 14.2. The van der Waals surface area contributed by atoms with E-state index in [2.05, 4.69) is 52.1 Å². The zero-order valence-corrected chi connectivity index (χ0v) is 13.9. The van der Waals surface area contributed by atoms with Crippen molar-refractivity contribution in [2.24, 2.45) is 0 Å². The highest BCUT2D eigenvalue weighted by Crippen LogP contribution is 2.25. The van der Waals surface area contributed by atoms with Gasteiger partial charge >= 0.3 is 0 Å². The van der Waals surface area contributed by atoms with Crippen molar-refractivity contribution in [1.82, 2.24) is 0 Å². The molecule has 0 saturated heterocycles. The third-order valence-electron chi connectivity index (χ3n) is 3.20. The number of halogens is 2. The van der Waals surface area contributed by atoms with Crippen LogP contribution in [0.4, 0.5) is 5.69 Å². The van der Waals surface area contributed by atoms with Gasteiger partial charge < -0.3 is 9.64 Å². The first kappa shape index (κ1) is 15.2. The molecule has 0 spiro atoms. The first-order valence-corrected chi connectivity index (χ1v) is 7.82. The van der Waals surface area contributed by atoms with Crippen LogP contribution in [-0.4, -0.2) is 14.2 Å². The zero-order chi connectivity index (χ0) is 14.5. The second-order valence-electron chi connectivity index (χ2n) is 4.61. The highest BCUT2D eigenvalue weighted by atomic mass is 79.9. The van der Waals surface area contributed by atoms with Crippen LogP contribution in [0.5, 0.6) is 5.75 Å². The van der Waals surface area contributed by atoms with Crippen LogP contribution in [0.2, 0.25) is 5.02 Å². The van der Waals surface area contributed by atoms with Gasteiger partial charge in [-0.25, -0.2) is 0 Å². The van der Waals surface area contributed by atoms with Crippen LogP contribution < -0.4 is 9.64 Å². The van der Waals surface area contributed by atoms with Gasteiger partial charge in [-0.2, -0.15) is 0 Å². The van der Waals surface area contributed by atoms with Gasteiger partial charge in [-0.15, -0.1) is 0 Å². The predicted molar refractivity (Wildman–Crippen MR) is 89.2 cm³/mol. The molecule has 2 aromatic carbocycles. The molecule has 0 fully saturated rings. The number of ether oxygens (including phenoxy) is 1. The lowest BCUT2D eigenvalue weighted by atomic mass is 10.1. The topological polar surface area (TPSA) is 12.5 Å². The van der Waals surface area contributed by atoms with E-state index in [1.165, 1.54) is 5.56 Å². The summed E-state index contributed by atoms with van der Waals surface area (Å²) in [4.78, 5) is 2.17. The quantitative estimate of drug-likeness (QED) is 0.710. The smallest absolute Gasteiger partial charge is 0.118 e. The van der Waals surface area contributed by atoms with Crippen molar-refractivity contribution in [3.8, 4) is 5.75 Å². The Balaban J connectivity index is 2.10. The molecule has 0 aliphatic heterocycles. The first-order chi connectivity index (χ1) is 9.63. The summed E-state index contributed by atoms with van der Waals surface area (Å²) in [5, 5.41) is 1.56. The van der Waals surface area contributed by atoms with E-state index >= 15 is 0 Å². The zero-order valence-electron chi connectivity index (χ0n) is 11.6. The SMILES string of the molecule is COc1ccc(CN(C)c2ccc(CBr)c(Cl)c2)cc1. The number of benzene rings is 2. The molecule has 0 saturated carbocycles. The van der Waals surface area contributed by atoms with Crippen LogP contribution >= 0.6 is 27.5 Å². The highest BCUT2D eigenvalue weighted by molar-refractivity contribution is 9.08. The molecule has 0 unspecified atom stereocenters. The second-order valence-corrected chi connectivity index (χ2v) is 5.58. The molecule has 0 amide bonds. The Kier molecular flexibility index (Phi) is 5.32. The summed E-state index contributed by atoms with van der Waals surface area (Å²) < 4.78 is 5.16. The molecule has 0 radical (unpaired) electrons. The van der Waals surface area contributed by atoms with Gasteiger partial charge in [0, 0.05) is 29.6 Å². The van der Waals surface area contributed by atoms with Gasteiger partial charge in [-0.1, -0.05) is 45.7 Å². The van der Waals surface area contributed by atoms with E-state index < -0.39 is 0 Å². The predicted octanol–water partition coefficient (Wildman–Crippen LogP) is 4.88. The minimum atomic E-state index is 0.772. The number of alkyl halides is 1. The molecule has 2 nitrogen and oxygen atoms in total. The summed E-state index contributed by atoms with van der Waals surface area (Å²) in [5.74, 6) is 0.876. The lowest BCUT2D eigenvalue weighted by molar-refractivity contribution is 0.414.